The van der Waals surface area contributed by atoms with Gasteiger partial charge in [0.1, 0.15) is 0 Å². The molecule has 116 valence electrons. The standard InChI is InChI=1S/C18H28N2O/c1-13(2)14-6-8-15(9-7-14)16(19)12-20-17(21)18(3)10-4-5-11-18/h6-9,13,16H,4-5,10-12,19H2,1-3H3,(H,20,21). The number of nitrogens with two attached hydrogens (primary N) is 1. The van der Waals surface area contributed by atoms with E-state index in [4.69, 9.17) is 5.73 Å². The van der Waals surface area contributed by atoms with Gasteiger partial charge in [0, 0.05) is 18.0 Å². The second-order valence-corrected chi connectivity index (χ2v) is 6.91. The summed E-state index contributed by atoms with van der Waals surface area (Å²) in [7, 11) is 0. The average Bonchev–Trinajstić information content (AvgIpc) is 2.92. The Balaban J connectivity index is 1.89. The Labute approximate surface area is 128 Å². The second kappa shape index (κ2) is 6.61. The Morgan fingerprint density at radius 3 is 2.24 bits per heavy atom. The largest absolute Gasteiger partial charge is 0.354 e. The molecule has 1 atom stereocenters. The molecule has 1 amide bonds. The Hall–Kier alpha value is -1.35. The number of nitrogens with one attached hydrogen (secondary N) is 1. The smallest absolute Gasteiger partial charge is 0.226 e. The van der Waals surface area contributed by atoms with Crippen molar-refractivity contribution in [2.45, 2.75) is 58.4 Å². The molecule has 1 aliphatic rings. The highest BCUT2D eigenvalue weighted by Gasteiger charge is 2.36. The predicted molar refractivity (Wildman–Crippen MR) is 87.0 cm³/mol. The minimum Gasteiger partial charge on any atom is -0.354 e. The van der Waals surface area contributed by atoms with Gasteiger partial charge in [-0.1, -0.05) is 57.9 Å². The van der Waals surface area contributed by atoms with Crippen LogP contribution in [0.4, 0.5) is 0 Å². The van der Waals surface area contributed by atoms with Crippen LogP contribution in [0, 0.1) is 5.41 Å². The van der Waals surface area contributed by atoms with Crippen molar-refractivity contribution in [3.05, 3.63) is 35.4 Å². The minimum atomic E-state index is -0.179. The molecular formula is C18H28N2O. The summed E-state index contributed by atoms with van der Waals surface area (Å²) >= 11 is 0. The zero-order valence-corrected chi connectivity index (χ0v) is 13.5. The molecule has 0 aromatic heterocycles. The summed E-state index contributed by atoms with van der Waals surface area (Å²) in [4.78, 5) is 12.3. The van der Waals surface area contributed by atoms with E-state index in [9.17, 15) is 4.79 Å². The lowest BCUT2D eigenvalue weighted by Gasteiger charge is -2.23. The van der Waals surface area contributed by atoms with Gasteiger partial charge >= 0.3 is 0 Å². The Kier molecular flexibility index (Phi) is 5.04. The van der Waals surface area contributed by atoms with E-state index in [1.54, 1.807) is 0 Å². The maximum absolute atomic E-state index is 12.3. The molecule has 1 aliphatic carbocycles. The van der Waals surface area contributed by atoms with Crippen molar-refractivity contribution in [1.82, 2.24) is 5.32 Å². The molecule has 3 heteroatoms. The van der Waals surface area contributed by atoms with Gasteiger partial charge in [-0.3, -0.25) is 4.79 Å². The monoisotopic (exact) mass is 288 g/mol. The van der Waals surface area contributed by atoms with Crippen molar-refractivity contribution in [3.63, 3.8) is 0 Å². The van der Waals surface area contributed by atoms with Gasteiger partial charge in [0.05, 0.1) is 0 Å². The van der Waals surface area contributed by atoms with Crippen LogP contribution in [-0.4, -0.2) is 12.5 Å². The topological polar surface area (TPSA) is 55.1 Å². The van der Waals surface area contributed by atoms with E-state index in [2.05, 4.69) is 50.4 Å². The third-order valence-electron chi connectivity index (χ3n) is 4.77. The SMILES string of the molecule is CC(C)c1ccc(C(N)CNC(=O)C2(C)CCCC2)cc1. The number of carbonyl (C=O) groups excluding carboxylic acids is 1. The molecule has 1 unspecified atom stereocenters. The maximum atomic E-state index is 12.3. The van der Waals surface area contributed by atoms with Crippen LogP contribution in [0.2, 0.25) is 0 Å². The van der Waals surface area contributed by atoms with Crippen molar-refractivity contribution in [2.24, 2.45) is 11.1 Å². The number of amides is 1. The first-order valence-electron chi connectivity index (χ1n) is 8.06. The highest BCUT2D eigenvalue weighted by Crippen LogP contribution is 2.37. The second-order valence-electron chi connectivity index (χ2n) is 6.91. The molecule has 0 saturated heterocycles. The van der Waals surface area contributed by atoms with Crippen molar-refractivity contribution in [1.29, 1.82) is 0 Å². The molecule has 2 rings (SSSR count). The molecule has 1 saturated carbocycles. The fourth-order valence-electron chi connectivity index (χ4n) is 3.04. The van der Waals surface area contributed by atoms with E-state index in [1.807, 2.05) is 0 Å². The molecule has 0 aliphatic heterocycles. The molecule has 3 N–H and O–H groups in total. The van der Waals surface area contributed by atoms with Gasteiger partial charge in [0.2, 0.25) is 5.91 Å². The van der Waals surface area contributed by atoms with E-state index < -0.39 is 0 Å². The average molecular weight is 288 g/mol. The maximum Gasteiger partial charge on any atom is 0.226 e. The van der Waals surface area contributed by atoms with Crippen LogP contribution in [0.25, 0.3) is 0 Å². The summed E-state index contributed by atoms with van der Waals surface area (Å²) in [5.74, 6) is 0.687. The van der Waals surface area contributed by atoms with E-state index >= 15 is 0 Å². The number of rotatable bonds is 5. The van der Waals surface area contributed by atoms with Crippen LogP contribution >= 0.6 is 0 Å². The van der Waals surface area contributed by atoms with Gasteiger partial charge < -0.3 is 11.1 Å². The molecule has 3 nitrogen and oxygen atoms in total. The molecule has 0 radical (unpaired) electrons. The molecule has 1 fully saturated rings. The van der Waals surface area contributed by atoms with Crippen molar-refractivity contribution < 1.29 is 4.79 Å². The summed E-state index contributed by atoms with van der Waals surface area (Å²) in [5, 5.41) is 3.04. The summed E-state index contributed by atoms with van der Waals surface area (Å²) in [6.45, 7) is 6.93. The lowest BCUT2D eigenvalue weighted by Crippen LogP contribution is -2.40. The summed E-state index contributed by atoms with van der Waals surface area (Å²) in [5.41, 5.74) is 8.41. The van der Waals surface area contributed by atoms with E-state index in [-0.39, 0.29) is 17.4 Å². The normalized spacial score (nSPS) is 18.7. The minimum absolute atomic E-state index is 0.139. The van der Waals surface area contributed by atoms with E-state index in [0.717, 1.165) is 31.2 Å². The zero-order valence-electron chi connectivity index (χ0n) is 13.5. The molecule has 0 heterocycles. The fraction of sp³-hybridized carbons (Fsp3) is 0.611. The number of benzene rings is 1. The number of hydrogen-bond acceptors (Lipinski definition) is 2. The highest BCUT2D eigenvalue weighted by atomic mass is 16.2. The Morgan fingerprint density at radius 1 is 1.19 bits per heavy atom. The number of hydrogen-bond donors (Lipinski definition) is 2. The molecule has 0 spiro atoms. The van der Waals surface area contributed by atoms with Crippen LogP contribution in [-0.2, 0) is 4.79 Å². The van der Waals surface area contributed by atoms with Crippen LogP contribution in [0.15, 0.2) is 24.3 Å². The Bertz CT molecular complexity index is 472. The van der Waals surface area contributed by atoms with Gasteiger partial charge in [0.25, 0.3) is 0 Å². The quantitative estimate of drug-likeness (QED) is 0.871. The van der Waals surface area contributed by atoms with Crippen LogP contribution in [0.1, 0.15) is 69.5 Å². The van der Waals surface area contributed by atoms with E-state index in [1.165, 1.54) is 5.56 Å². The van der Waals surface area contributed by atoms with Gasteiger partial charge in [-0.25, -0.2) is 0 Å². The lowest BCUT2D eigenvalue weighted by atomic mass is 9.87. The first-order valence-corrected chi connectivity index (χ1v) is 8.06. The zero-order chi connectivity index (χ0) is 15.5. The molecule has 1 aromatic carbocycles. The Morgan fingerprint density at radius 2 is 1.71 bits per heavy atom. The van der Waals surface area contributed by atoms with Gasteiger partial charge in [0.15, 0.2) is 0 Å². The van der Waals surface area contributed by atoms with Crippen LogP contribution < -0.4 is 11.1 Å². The first-order chi connectivity index (χ1) is 9.92. The first kappa shape index (κ1) is 16.0. The van der Waals surface area contributed by atoms with Crippen molar-refractivity contribution >= 4 is 5.91 Å². The predicted octanol–water partition coefficient (Wildman–Crippen LogP) is 3.51. The lowest BCUT2D eigenvalue weighted by molar-refractivity contribution is -0.129. The molecule has 1 aromatic rings. The molecule has 0 bridgehead atoms. The van der Waals surface area contributed by atoms with Gasteiger partial charge in [-0.05, 0) is 29.9 Å². The fourth-order valence-corrected chi connectivity index (χ4v) is 3.04. The highest BCUT2D eigenvalue weighted by molar-refractivity contribution is 5.82. The number of carbonyl (C=O) groups is 1. The molecule has 21 heavy (non-hydrogen) atoms. The van der Waals surface area contributed by atoms with Gasteiger partial charge in [-0.15, -0.1) is 0 Å². The van der Waals surface area contributed by atoms with E-state index in [0.29, 0.717) is 12.5 Å². The third-order valence-corrected chi connectivity index (χ3v) is 4.77. The molecular weight excluding hydrogens is 260 g/mol. The summed E-state index contributed by atoms with van der Waals surface area (Å²) < 4.78 is 0. The van der Waals surface area contributed by atoms with Crippen LogP contribution in [0.5, 0.6) is 0 Å². The third kappa shape index (κ3) is 3.85. The summed E-state index contributed by atoms with van der Waals surface area (Å²) in [6.07, 6.45) is 4.31. The van der Waals surface area contributed by atoms with Crippen LogP contribution in [0.3, 0.4) is 0 Å². The van der Waals surface area contributed by atoms with Gasteiger partial charge in [-0.2, -0.15) is 0 Å². The van der Waals surface area contributed by atoms with Crippen molar-refractivity contribution in [2.75, 3.05) is 6.54 Å². The van der Waals surface area contributed by atoms with Crippen molar-refractivity contribution in [3.8, 4) is 0 Å². The summed E-state index contributed by atoms with van der Waals surface area (Å²) in [6, 6.07) is 8.26.